The van der Waals surface area contributed by atoms with Gasteiger partial charge >= 0.3 is 11.9 Å². The third-order valence-electron chi connectivity index (χ3n) is 6.60. The zero-order valence-corrected chi connectivity index (χ0v) is 23.0. The minimum Gasteiger partial charge on any atom is -0.494 e. The third kappa shape index (κ3) is 5.23. The van der Waals surface area contributed by atoms with E-state index in [0.29, 0.717) is 23.6 Å². The van der Waals surface area contributed by atoms with E-state index in [2.05, 4.69) is 4.57 Å². The molecule has 4 rings (SSSR count). The molecule has 0 saturated heterocycles. The van der Waals surface area contributed by atoms with Crippen molar-refractivity contribution in [2.24, 2.45) is 0 Å². The van der Waals surface area contributed by atoms with Gasteiger partial charge in [0.05, 0.1) is 37.0 Å². The summed E-state index contributed by atoms with van der Waals surface area (Å²) in [5, 5.41) is 0. The molecule has 2 heterocycles. The first kappa shape index (κ1) is 27.4. The molecular formula is C31H32N2O6. The third-order valence-corrected chi connectivity index (χ3v) is 6.60. The first-order valence-electron chi connectivity index (χ1n) is 12.8. The van der Waals surface area contributed by atoms with Crippen molar-refractivity contribution >= 4 is 29.6 Å². The van der Waals surface area contributed by atoms with Crippen LogP contribution in [0.3, 0.4) is 0 Å². The standard InChI is InChI=1S/C31H32N2O6/c1-7-38-26-15-13-24(14-16-26)32-19(3)17-23(20(32)4)18-27-28(31(36)37-6)21(5)33(29(27)34)25-11-9-22(10-12-25)30(35)39-8-2/h9-18H,7-8H2,1-6H3/b27-18-. The van der Waals surface area contributed by atoms with Crippen LogP contribution < -0.4 is 9.64 Å². The average molecular weight is 529 g/mol. The molecule has 2 aromatic carbocycles. The number of amides is 1. The SMILES string of the molecule is CCOC(=O)c1ccc(N2C(=O)/C(=C\c3cc(C)n(-c4ccc(OCC)cc4)c3C)C(C(=O)OC)=C2C)cc1. The molecule has 1 amide bonds. The van der Waals surface area contributed by atoms with E-state index in [-0.39, 0.29) is 23.7 Å². The molecule has 0 aliphatic carbocycles. The number of anilines is 1. The fourth-order valence-corrected chi connectivity index (χ4v) is 4.80. The molecule has 0 atom stereocenters. The highest BCUT2D eigenvalue weighted by molar-refractivity contribution is 6.24. The van der Waals surface area contributed by atoms with Gasteiger partial charge in [0, 0.05) is 28.5 Å². The van der Waals surface area contributed by atoms with E-state index in [1.165, 1.54) is 12.0 Å². The van der Waals surface area contributed by atoms with Crippen LogP contribution in [-0.2, 0) is 19.1 Å². The van der Waals surface area contributed by atoms with Gasteiger partial charge in [0.2, 0.25) is 0 Å². The molecule has 8 nitrogen and oxygen atoms in total. The summed E-state index contributed by atoms with van der Waals surface area (Å²) in [6.45, 7) is 10.2. The number of methoxy groups -OCH3 is 1. The molecule has 0 fully saturated rings. The Balaban J connectivity index is 1.74. The van der Waals surface area contributed by atoms with E-state index in [4.69, 9.17) is 14.2 Å². The maximum atomic E-state index is 13.7. The van der Waals surface area contributed by atoms with Crippen LogP contribution in [0, 0.1) is 13.8 Å². The van der Waals surface area contributed by atoms with Gasteiger partial charge < -0.3 is 18.8 Å². The van der Waals surface area contributed by atoms with Crippen LogP contribution in [0.1, 0.15) is 48.1 Å². The van der Waals surface area contributed by atoms with E-state index >= 15 is 0 Å². The largest absolute Gasteiger partial charge is 0.494 e. The lowest BCUT2D eigenvalue weighted by Crippen LogP contribution is -2.24. The Kier molecular flexibility index (Phi) is 8.04. The minimum atomic E-state index is -0.599. The van der Waals surface area contributed by atoms with Gasteiger partial charge in [-0.2, -0.15) is 0 Å². The molecule has 1 aliphatic heterocycles. The zero-order chi connectivity index (χ0) is 28.3. The lowest BCUT2D eigenvalue weighted by Gasteiger charge is -2.18. The van der Waals surface area contributed by atoms with Crippen LogP contribution in [0.5, 0.6) is 5.75 Å². The second-order valence-corrected chi connectivity index (χ2v) is 9.01. The monoisotopic (exact) mass is 528 g/mol. The van der Waals surface area contributed by atoms with E-state index in [0.717, 1.165) is 28.4 Å². The van der Waals surface area contributed by atoms with Gasteiger partial charge in [0.15, 0.2) is 0 Å². The van der Waals surface area contributed by atoms with Gasteiger partial charge in [-0.1, -0.05) is 0 Å². The van der Waals surface area contributed by atoms with Crippen molar-refractivity contribution < 1.29 is 28.6 Å². The highest BCUT2D eigenvalue weighted by atomic mass is 16.5. The summed E-state index contributed by atoms with van der Waals surface area (Å²) in [7, 11) is 1.29. The maximum Gasteiger partial charge on any atom is 0.340 e. The number of rotatable bonds is 8. The van der Waals surface area contributed by atoms with Crippen LogP contribution >= 0.6 is 0 Å². The molecule has 0 N–H and O–H groups in total. The molecule has 0 radical (unpaired) electrons. The van der Waals surface area contributed by atoms with Gasteiger partial charge in [-0.3, -0.25) is 9.69 Å². The summed E-state index contributed by atoms with van der Waals surface area (Å²) in [4.78, 5) is 40.1. The van der Waals surface area contributed by atoms with Crippen molar-refractivity contribution in [1.82, 2.24) is 4.57 Å². The summed E-state index contributed by atoms with van der Waals surface area (Å²) in [5.41, 5.74) is 5.43. The molecule has 0 bridgehead atoms. The predicted octanol–water partition coefficient (Wildman–Crippen LogP) is 5.55. The van der Waals surface area contributed by atoms with Crippen LogP contribution in [0.25, 0.3) is 11.8 Å². The zero-order valence-electron chi connectivity index (χ0n) is 23.0. The molecule has 0 unspecified atom stereocenters. The Morgan fingerprint density at radius 1 is 0.872 bits per heavy atom. The van der Waals surface area contributed by atoms with Gasteiger partial charge in [0.1, 0.15) is 5.75 Å². The summed E-state index contributed by atoms with van der Waals surface area (Å²) >= 11 is 0. The van der Waals surface area contributed by atoms with Crippen LogP contribution in [0.2, 0.25) is 0 Å². The highest BCUT2D eigenvalue weighted by Crippen LogP contribution is 2.36. The summed E-state index contributed by atoms with van der Waals surface area (Å²) < 4.78 is 17.7. The number of benzene rings is 2. The van der Waals surface area contributed by atoms with Gasteiger partial charge in [-0.05, 0) is 101 Å². The van der Waals surface area contributed by atoms with Crippen LogP contribution in [0.15, 0.2) is 71.4 Å². The van der Waals surface area contributed by atoms with Crippen molar-refractivity contribution in [3.63, 3.8) is 0 Å². The number of aromatic nitrogens is 1. The van der Waals surface area contributed by atoms with Gasteiger partial charge in [-0.25, -0.2) is 9.59 Å². The summed E-state index contributed by atoms with van der Waals surface area (Å²) in [6.07, 6.45) is 1.73. The number of hydrogen-bond acceptors (Lipinski definition) is 6. The number of allylic oxidation sites excluding steroid dienone is 1. The number of carbonyl (C=O) groups excluding carboxylic acids is 3. The molecule has 1 aliphatic rings. The topological polar surface area (TPSA) is 87.1 Å². The molecule has 0 saturated carbocycles. The van der Waals surface area contributed by atoms with Gasteiger partial charge in [0.25, 0.3) is 5.91 Å². The quantitative estimate of drug-likeness (QED) is 0.282. The number of aryl methyl sites for hydroxylation is 1. The van der Waals surface area contributed by atoms with E-state index in [9.17, 15) is 14.4 Å². The first-order valence-corrected chi connectivity index (χ1v) is 12.8. The Bertz CT molecular complexity index is 1480. The number of esters is 2. The molecule has 3 aromatic rings. The minimum absolute atomic E-state index is 0.197. The molecule has 39 heavy (non-hydrogen) atoms. The Morgan fingerprint density at radius 3 is 2.10 bits per heavy atom. The van der Waals surface area contributed by atoms with Crippen molar-refractivity contribution in [2.75, 3.05) is 25.2 Å². The Labute approximate surface area is 228 Å². The van der Waals surface area contributed by atoms with Crippen molar-refractivity contribution in [3.05, 3.63) is 94.0 Å². The average Bonchev–Trinajstić information content (AvgIpc) is 3.35. The van der Waals surface area contributed by atoms with E-state index < -0.39 is 11.9 Å². The van der Waals surface area contributed by atoms with E-state index in [1.54, 1.807) is 44.2 Å². The fraction of sp³-hybridized carbons (Fsp3) is 0.258. The molecule has 8 heteroatoms. The molecule has 0 spiro atoms. The number of hydrogen-bond donors (Lipinski definition) is 0. The maximum absolute atomic E-state index is 13.7. The predicted molar refractivity (Wildman–Crippen MR) is 149 cm³/mol. The normalized spacial score (nSPS) is 14.3. The van der Waals surface area contributed by atoms with E-state index in [1.807, 2.05) is 51.1 Å². The van der Waals surface area contributed by atoms with Crippen LogP contribution in [0.4, 0.5) is 5.69 Å². The highest BCUT2D eigenvalue weighted by Gasteiger charge is 2.38. The Morgan fingerprint density at radius 2 is 1.51 bits per heavy atom. The Hall–Kier alpha value is -4.59. The lowest BCUT2D eigenvalue weighted by molar-refractivity contribution is -0.136. The van der Waals surface area contributed by atoms with Crippen molar-refractivity contribution in [3.8, 4) is 11.4 Å². The summed E-state index contributed by atoms with van der Waals surface area (Å²) in [6, 6.07) is 16.3. The van der Waals surface area contributed by atoms with Crippen molar-refractivity contribution in [1.29, 1.82) is 0 Å². The second-order valence-electron chi connectivity index (χ2n) is 9.01. The lowest BCUT2D eigenvalue weighted by atomic mass is 10.0. The summed E-state index contributed by atoms with van der Waals surface area (Å²) in [5.74, 6) is -0.607. The smallest absolute Gasteiger partial charge is 0.340 e. The molecular weight excluding hydrogens is 496 g/mol. The molecule has 202 valence electrons. The fourth-order valence-electron chi connectivity index (χ4n) is 4.80. The number of ether oxygens (including phenoxy) is 3. The number of nitrogens with zero attached hydrogens (tertiary/aromatic N) is 2. The first-order chi connectivity index (χ1) is 18.7. The second kappa shape index (κ2) is 11.4. The van der Waals surface area contributed by atoms with Crippen molar-refractivity contribution in [2.45, 2.75) is 34.6 Å². The molecule has 1 aromatic heterocycles. The van der Waals surface area contributed by atoms with Gasteiger partial charge in [-0.15, -0.1) is 0 Å². The van der Waals surface area contributed by atoms with Crippen LogP contribution in [-0.4, -0.2) is 42.7 Å². The number of carbonyl (C=O) groups is 3.